The molecule has 2 aliphatic carbocycles. The number of hydrogen-bond acceptors (Lipinski definition) is 3. The summed E-state index contributed by atoms with van der Waals surface area (Å²) in [5.41, 5.74) is -0.252. The van der Waals surface area contributed by atoms with Gasteiger partial charge in [0.05, 0.1) is 22.7 Å². The van der Waals surface area contributed by atoms with Crippen LogP contribution in [-0.4, -0.2) is 26.4 Å². The van der Waals surface area contributed by atoms with E-state index in [0.29, 0.717) is 30.5 Å². The number of halogens is 3. The SMILES string of the molecule is CC(=O)NC1(O)CCCC1c1nn2ccc(C(F)(F)F)cc2c1C1CCC1. The number of fused-ring (bicyclic) bond motifs is 1. The fraction of sp³-hybridized carbons (Fsp3) is 0.579. The number of hydrogen-bond donors (Lipinski definition) is 2. The minimum Gasteiger partial charge on any atom is -0.370 e. The second-order valence-corrected chi connectivity index (χ2v) is 7.72. The lowest BCUT2D eigenvalue weighted by molar-refractivity contribution is -0.137. The van der Waals surface area contributed by atoms with Crippen LogP contribution in [0.25, 0.3) is 5.52 Å². The Morgan fingerprint density at radius 1 is 1.33 bits per heavy atom. The van der Waals surface area contributed by atoms with Crippen molar-refractivity contribution in [3.63, 3.8) is 0 Å². The van der Waals surface area contributed by atoms with Crippen molar-refractivity contribution < 1.29 is 23.1 Å². The van der Waals surface area contributed by atoms with Crippen molar-refractivity contribution >= 4 is 11.4 Å². The number of nitrogens with one attached hydrogen (secondary N) is 1. The molecule has 146 valence electrons. The van der Waals surface area contributed by atoms with Crippen LogP contribution in [0.2, 0.25) is 0 Å². The van der Waals surface area contributed by atoms with E-state index in [1.54, 1.807) is 0 Å². The van der Waals surface area contributed by atoms with Crippen LogP contribution in [0.5, 0.6) is 0 Å². The smallest absolute Gasteiger partial charge is 0.370 e. The van der Waals surface area contributed by atoms with E-state index in [9.17, 15) is 23.1 Å². The number of rotatable bonds is 3. The van der Waals surface area contributed by atoms with Crippen LogP contribution in [0, 0.1) is 0 Å². The minimum absolute atomic E-state index is 0.142. The van der Waals surface area contributed by atoms with Crippen LogP contribution in [-0.2, 0) is 11.0 Å². The van der Waals surface area contributed by atoms with Gasteiger partial charge in [-0.3, -0.25) is 4.79 Å². The second-order valence-electron chi connectivity index (χ2n) is 7.72. The van der Waals surface area contributed by atoms with Crippen molar-refractivity contribution in [3.05, 3.63) is 35.2 Å². The summed E-state index contributed by atoms with van der Waals surface area (Å²) in [5, 5.41) is 18.2. The molecule has 2 fully saturated rings. The number of nitrogens with zero attached hydrogens (tertiary/aromatic N) is 2. The summed E-state index contributed by atoms with van der Waals surface area (Å²) in [6.07, 6.45) is 1.49. The van der Waals surface area contributed by atoms with Gasteiger partial charge in [-0.2, -0.15) is 18.3 Å². The Hall–Kier alpha value is -2.09. The summed E-state index contributed by atoms with van der Waals surface area (Å²) < 4.78 is 41.1. The number of aliphatic hydroxyl groups is 1. The fourth-order valence-corrected chi connectivity index (χ4v) is 4.44. The molecule has 2 unspecified atom stereocenters. The van der Waals surface area contributed by atoms with Gasteiger partial charge in [-0.25, -0.2) is 4.52 Å². The molecule has 5 nitrogen and oxygen atoms in total. The molecule has 8 heteroatoms. The predicted molar refractivity (Wildman–Crippen MR) is 92.1 cm³/mol. The summed E-state index contributed by atoms with van der Waals surface area (Å²) in [6, 6.07) is 2.17. The molecule has 0 saturated heterocycles. The summed E-state index contributed by atoms with van der Waals surface area (Å²) in [5.74, 6) is -0.618. The third-order valence-electron chi connectivity index (χ3n) is 5.89. The van der Waals surface area contributed by atoms with Gasteiger partial charge in [-0.1, -0.05) is 6.42 Å². The molecule has 2 saturated carbocycles. The zero-order valence-corrected chi connectivity index (χ0v) is 15.0. The monoisotopic (exact) mass is 381 g/mol. The first-order valence-electron chi connectivity index (χ1n) is 9.29. The van der Waals surface area contributed by atoms with Gasteiger partial charge in [0.25, 0.3) is 0 Å². The van der Waals surface area contributed by atoms with Gasteiger partial charge in [0.15, 0.2) is 0 Å². The Bertz CT molecular complexity index is 888. The molecule has 2 aliphatic rings. The highest BCUT2D eigenvalue weighted by Gasteiger charge is 2.46. The number of amides is 1. The average molecular weight is 381 g/mol. The lowest BCUT2D eigenvalue weighted by atomic mass is 9.76. The lowest BCUT2D eigenvalue weighted by Crippen LogP contribution is -2.49. The molecular weight excluding hydrogens is 359 g/mol. The van der Waals surface area contributed by atoms with Crippen molar-refractivity contribution in [1.82, 2.24) is 14.9 Å². The van der Waals surface area contributed by atoms with Crippen LogP contribution in [0.15, 0.2) is 18.3 Å². The van der Waals surface area contributed by atoms with Gasteiger partial charge in [0.1, 0.15) is 5.72 Å². The summed E-state index contributed by atoms with van der Waals surface area (Å²) >= 11 is 0. The van der Waals surface area contributed by atoms with Crippen LogP contribution in [0.3, 0.4) is 0 Å². The molecule has 0 bridgehead atoms. The topological polar surface area (TPSA) is 66.6 Å². The number of pyridine rings is 1. The molecule has 2 heterocycles. The van der Waals surface area contributed by atoms with E-state index in [0.717, 1.165) is 37.0 Å². The number of carbonyl (C=O) groups excluding carboxylic acids is 1. The van der Waals surface area contributed by atoms with Crippen molar-refractivity contribution in [2.24, 2.45) is 0 Å². The number of carbonyl (C=O) groups is 1. The maximum atomic E-state index is 13.2. The molecule has 2 aromatic heterocycles. The van der Waals surface area contributed by atoms with Crippen LogP contribution in [0.1, 0.15) is 74.1 Å². The predicted octanol–water partition coefficient (Wildman–Crippen LogP) is 3.71. The Kier molecular flexibility index (Phi) is 4.21. The van der Waals surface area contributed by atoms with E-state index in [4.69, 9.17) is 0 Å². The highest BCUT2D eigenvalue weighted by atomic mass is 19.4. The molecule has 0 aromatic carbocycles. The number of aromatic nitrogens is 2. The highest BCUT2D eigenvalue weighted by Crippen LogP contribution is 2.48. The van der Waals surface area contributed by atoms with Gasteiger partial charge < -0.3 is 10.4 Å². The first kappa shape index (κ1) is 18.3. The Balaban J connectivity index is 1.86. The highest BCUT2D eigenvalue weighted by molar-refractivity contribution is 5.74. The maximum Gasteiger partial charge on any atom is 0.416 e. The third kappa shape index (κ3) is 3.09. The quantitative estimate of drug-likeness (QED) is 0.797. The normalized spacial score (nSPS) is 26.3. The molecule has 2 atom stereocenters. The van der Waals surface area contributed by atoms with E-state index in [1.165, 1.54) is 17.6 Å². The zero-order chi connectivity index (χ0) is 19.4. The third-order valence-corrected chi connectivity index (χ3v) is 5.89. The van der Waals surface area contributed by atoms with Crippen molar-refractivity contribution in [2.75, 3.05) is 0 Å². The van der Waals surface area contributed by atoms with Crippen LogP contribution < -0.4 is 5.32 Å². The van der Waals surface area contributed by atoms with Crippen molar-refractivity contribution in [2.45, 2.75) is 69.2 Å². The fourth-order valence-electron chi connectivity index (χ4n) is 4.44. The summed E-state index contributed by atoms with van der Waals surface area (Å²) in [4.78, 5) is 11.6. The Morgan fingerprint density at radius 3 is 2.67 bits per heavy atom. The lowest BCUT2D eigenvalue weighted by Gasteiger charge is -2.32. The Morgan fingerprint density at radius 2 is 2.07 bits per heavy atom. The van der Waals surface area contributed by atoms with E-state index < -0.39 is 23.4 Å². The van der Waals surface area contributed by atoms with Crippen LogP contribution in [0.4, 0.5) is 13.2 Å². The largest absolute Gasteiger partial charge is 0.416 e. The van der Waals surface area contributed by atoms with E-state index >= 15 is 0 Å². The second kappa shape index (κ2) is 6.22. The number of alkyl halides is 3. The Labute approximate surface area is 154 Å². The maximum absolute atomic E-state index is 13.2. The molecule has 4 rings (SSSR count). The molecule has 0 aliphatic heterocycles. The van der Waals surface area contributed by atoms with Crippen LogP contribution >= 0.6 is 0 Å². The summed E-state index contributed by atoms with van der Waals surface area (Å²) in [6.45, 7) is 1.35. The van der Waals surface area contributed by atoms with Gasteiger partial charge >= 0.3 is 6.18 Å². The average Bonchev–Trinajstić information content (AvgIpc) is 3.04. The zero-order valence-electron chi connectivity index (χ0n) is 15.0. The molecular formula is C19H22F3N3O2. The van der Waals surface area contributed by atoms with E-state index in [1.807, 2.05) is 0 Å². The van der Waals surface area contributed by atoms with Gasteiger partial charge in [0.2, 0.25) is 5.91 Å². The van der Waals surface area contributed by atoms with E-state index in [-0.39, 0.29) is 11.8 Å². The van der Waals surface area contributed by atoms with Gasteiger partial charge in [0, 0.05) is 18.7 Å². The van der Waals surface area contributed by atoms with Gasteiger partial charge in [-0.15, -0.1) is 0 Å². The van der Waals surface area contributed by atoms with Crippen molar-refractivity contribution in [3.8, 4) is 0 Å². The molecule has 1 amide bonds. The first-order chi connectivity index (χ1) is 12.7. The molecule has 2 N–H and O–H groups in total. The summed E-state index contributed by atoms with van der Waals surface area (Å²) in [7, 11) is 0. The van der Waals surface area contributed by atoms with Crippen molar-refractivity contribution in [1.29, 1.82) is 0 Å². The molecule has 0 radical (unpaired) electrons. The minimum atomic E-state index is -4.42. The standard InChI is InChI=1S/C19H22F3N3O2/c1-11(26)23-18(27)8-3-6-14(18)17-16(12-4-2-5-12)15-10-13(19(20,21)22)7-9-25(15)24-17/h7,9-10,12,14,27H,2-6,8H2,1H3,(H,23,26). The first-order valence-corrected chi connectivity index (χ1v) is 9.29. The molecule has 27 heavy (non-hydrogen) atoms. The molecule has 2 aromatic rings. The van der Waals surface area contributed by atoms with Gasteiger partial charge in [-0.05, 0) is 50.2 Å². The molecule has 0 spiro atoms. The van der Waals surface area contributed by atoms with E-state index in [2.05, 4.69) is 10.4 Å².